The highest BCUT2D eigenvalue weighted by atomic mass is 35.5. The van der Waals surface area contributed by atoms with Crippen molar-refractivity contribution in [2.75, 3.05) is 5.32 Å². The van der Waals surface area contributed by atoms with Crippen molar-refractivity contribution in [3.63, 3.8) is 0 Å². The van der Waals surface area contributed by atoms with Gasteiger partial charge in [-0.1, -0.05) is 60.1 Å². The molecular weight excluding hydrogens is 388 g/mol. The van der Waals surface area contributed by atoms with Gasteiger partial charge in [-0.2, -0.15) is 5.10 Å². The lowest BCUT2D eigenvalue weighted by Crippen LogP contribution is -2.37. The SMILES string of the molecule is Cc1cccc(C)c1NC(=O)[C@@H](NC(=O)c1c(C)nn(C)c1Cl)c1ccccc1. The lowest BCUT2D eigenvalue weighted by Gasteiger charge is -2.20. The van der Waals surface area contributed by atoms with Gasteiger partial charge >= 0.3 is 0 Å². The van der Waals surface area contributed by atoms with Crippen molar-refractivity contribution in [3.8, 4) is 0 Å². The van der Waals surface area contributed by atoms with Gasteiger partial charge in [0, 0.05) is 12.7 Å². The van der Waals surface area contributed by atoms with E-state index in [0.717, 1.165) is 16.8 Å². The molecule has 29 heavy (non-hydrogen) atoms. The second kappa shape index (κ2) is 8.49. The lowest BCUT2D eigenvalue weighted by atomic mass is 10.0. The van der Waals surface area contributed by atoms with Gasteiger partial charge < -0.3 is 10.6 Å². The number of halogens is 1. The first kappa shape index (κ1) is 20.6. The maximum absolute atomic E-state index is 13.2. The molecule has 1 heterocycles. The molecule has 0 fully saturated rings. The molecule has 2 aromatic carbocycles. The third-order valence-electron chi connectivity index (χ3n) is 4.78. The highest BCUT2D eigenvalue weighted by molar-refractivity contribution is 6.33. The van der Waals surface area contributed by atoms with Crippen LogP contribution in [0.4, 0.5) is 5.69 Å². The van der Waals surface area contributed by atoms with Crippen LogP contribution in [0.15, 0.2) is 48.5 Å². The van der Waals surface area contributed by atoms with Crippen LogP contribution >= 0.6 is 11.6 Å². The third-order valence-corrected chi connectivity index (χ3v) is 5.21. The van der Waals surface area contributed by atoms with E-state index in [9.17, 15) is 9.59 Å². The van der Waals surface area contributed by atoms with E-state index < -0.39 is 11.9 Å². The lowest BCUT2D eigenvalue weighted by molar-refractivity contribution is -0.118. The molecule has 0 aliphatic carbocycles. The molecule has 2 N–H and O–H groups in total. The molecule has 0 bridgehead atoms. The minimum Gasteiger partial charge on any atom is -0.336 e. The predicted molar refractivity (Wildman–Crippen MR) is 114 cm³/mol. The van der Waals surface area contributed by atoms with Gasteiger partial charge in [0.05, 0.1) is 11.3 Å². The first-order valence-corrected chi connectivity index (χ1v) is 9.59. The molecule has 150 valence electrons. The van der Waals surface area contributed by atoms with Gasteiger partial charge in [-0.3, -0.25) is 14.3 Å². The monoisotopic (exact) mass is 410 g/mol. The van der Waals surface area contributed by atoms with Crippen LogP contribution in [0, 0.1) is 20.8 Å². The normalized spacial score (nSPS) is 11.8. The van der Waals surface area contributed by atoms with Crippen molar-refractivity contribution in [2.24, 2.45) is 7.05 Å². The summed E-state index contributed by atoms with van der Waals surface area (Å²) in [4.78, 5) is 26.1. The molecule has 2 amide bonds. The Morgan fingerprint density at radius 2 is 1.62 bits per heavy atom. The number of benzene rings is 2. The fourth-order valence-electron chi connectivity index (χ4n) is 3.24. The van der Waals surface area contributed by atoms with Crippen LogP contribution in [-0.2, 0) is 11.8 Å². The van der Waals surface area contributed by atoms with Gasteiger partial charge in [-0.15, -0.1) is 0 Å². The van der Waals surface area contributed by atoms with Gasteiger partial charge in [-0.25, -0.2) is 0 Å². The molecule has 0 spiro atoms. The molecular formula is C22H23ClN4O2. The van der Waals surface area contributed by atoms with Crippen LogP contribution in [0.25, 0.3) is 0 Å². The number of hydrogen-bond acceptors (Lipinski definition) is 3. The van der Waals surface area contributed by atoms with Crippen LogP contribution < -0.4 is 10.6 Å². The number of nitrogens with one attached hydrogen (secondary N) is 2. The first-order valence-electron chi connectivity index (χ1n) is 9.21. The summed E-state index contributed by atoms with van der Waals surface area (Å²) in [5.74, 6) is -0.786. The Balaban J connectivity index is 1.93. The molecule has 0 aliphatic rings. The topological polar surface area (TPSA) is 76.0 Å². The molecule has 7 heteroatoms. The summed E-state index contributed by atoms with van der Waals surface area (Å²) >= 11 is 6.23. The molecule has 3 aromatic rings. The van der Waals surface area contributed by atoms with Crippen molar-refractivity contribution in [1.82, 2.24) is 15.1 Å². The number of anilines is 1. The Hall–Kier alpha value is -3.12. The van der Waals surface area contributed by atoms with E-state index in [2.05, 4.69) is 15.7 Å². The van der Waals surface area contributed by atoms with Gasteiger partial charge in [0.25, 0.3) is 11.8 Å². The van der Waals surface area contributed by atoms with E-state index in [-0.39, 0.29) is 16.6 Å². The van der Waals surface area contributed by atoms with Crippen LogP contribution in [0.2, 0.25) is 5.15 Å². The van der Waals surface area contributed by atoms with E-state index in [1.165, 1.54) is 4.68 Å². The molecule has 1 aromatic heterocycles. The molecule has 0 saturated carbocycles. The van der Waals surface area contributed by atoms with Gasteiger partial charge in [0.15, 0.2) is 0 Å². The van der Waals surface area contributed by atoms with Crippen LogP contribution in [0.3, 0.4) is 0 Å². The van der Waals surface area contributed by atoms with Crippen LogP contribution in [0.1, 0.15) is 38.8 Å². The maximum atomic E-state index is 13.2. The summed E-state index contributed by atoms with van der Waals surface area (Å²) in [6.45, 7) is 5.56. The summed E-state index contributed by atoms with van der Waals surface area (Å²) in [5, 5.41) is 10.2. The zero-order chi connectivity index (χ0) is 21.1. The maximum Gasteiger partial charge on any atom is 0.257 e. The number of para-hydroxylation sites is 1. The number of nitrogens with zero attached hydrogens (tertiary/aromatic N) is 2. The standard InChI is InChI=1S/C22H23ClN4O2/c1-13-9-8-10-14(2)18(13)24-22(29)19(16-11-6-5-7-12-16)25-21(28)17-15(3)26-27(4)20(17)23/h5-12,19H,1-4H3,(H,24,29)(H,25,28)/t19-/m0/s1. The molecule has 6 nitrogen and oxygen atoms in total. The Bertz CT molecular complexity index is 1040. The fourth-order valence-corrected chi connectivity index (χ4v) is 3.50. The number of aryl methyl sites for hydroxylation is 4. The summed E-state index contributed by atoms with van der Waals surface area (Å²) in [5.41, 5.74) is 4.06. The number of aromatic nitrogens is 2. The highest BCUT2D eigenvalue weighted by Crippen LogP contribution is 2.24. The summed E-state index contributed by atoms with van der Waals surface area (Å²) in [6.07, 6.45) is 0. The van der Waals surface area contributed by atoms with Gasteiger partial charge in [0.1, 0.15) is 11.2 Å². The Morgan fingerprint density at radius 3 is 2.17 bits per heavy atom. The zero-order valence-corrected chi connectivity index (χ0v) is 17.5. The Kier molecular flexibility index (Phi) is 6.03. The summed E-state index contributed by atoms with van der Waals surface area (Å²) < 4.78 is 1.43. The van der Waals surface area contributed by atoms with Gasteiger partial charge in [0.2, 0.25) is 0 Å². The Labute approximate surface area is 174 Å². The second-order valence-corrected chi connectivity index (χ2v) is 7.31. The second-order valence-electron chi connectivity index (χ2n) is 6.95. The van der Waals surface area contributed by atoms with Crippen LogP contribution in [0.5, 0.6) is 0 Å². The van der Waals surface area contributed by atoms with E-state index in [1.54, 1.807) is 26.1 Å². The quantitative estimate of drug-likeness (QED) is 0.664. The first-order chi connectivity index (χ1) is 13.8. The van der Waals surface area contributed by atoms with E-state index >= 15 is 0 Å². The number of carbonyl (C=O) groups excluding carboxylic acids is 2. The van der Waals surface area contributed by atoms with Crippen molar-refractivity contribution in [2.45, 2.75) is 26.8 Å². The summed E-state index contributed by atoms with van der Waals surface area (Å²) in [7, 11) is 1.66. The van der Waals surface area contributed by atoms with E-state index in [1.807, 2.05) is 50.2 Å². The van der Waals surface area contributed by atoms with E-state index in [4.69, 9.17) is 11.6 Å². The minimum atomic E-state index is -0.890. The molecule has 0 radical (unpaired) electrons. The van der Waals surface area contributed by atoms with Crippen LogP contribution in [-0.4, -0.2) is 21.6 Å². The molecule has 3 rings (SSSR count). The molecule has 0 saturated heterocycles. The number of carbonyl (C=O) groups is 2. The minimum absolute atomic E-state index is 0.224. The highest BCUT2D eigenvalue weighted by Gasteiger charge is 2.27. The smallest absolute Gasteiger partial charge is 0.257 e. The number of hydrogen-bond donors (Lipinski definition) is 2. The average Bonchev–Trinajstić information content (AvgIpc) is 2.95. The summed E-state index contributed by atoms with van der Waals surface area (Å²) in [6, 6.07) is 14.0. The largest absolute Gasteiger partial charge is 0.336 e. The molecule has 0 unspecified atom stereocenters. The fraction of sp³-hybridized carbons (Fsp3) is 0.227. The number of rotatable bonds is 5. The predicted octanol–water partition coefficient (Wildman–Crippen LogP) is 4.11. The third kappa shape index (κ3) is 4.32. The van der Waals surface area contributed by atoms with Gasteiger partial charge in [-0.05, 0) is 37.5 Å². The molecule has 0 aliphatic heterocycles. The molecule has 1 atom stereocenters. The van der Waals surface area contributed by atoms with Crippen molar-refractivity contribution in [3.05, 3.63) is 81.6 Å². The average molecular weight is 411 g/mol. The number of amides is 2. The van der Waals surface area contributed by atoms with Crippen molar-refractivity contribution < 1.29 is 9.59 Å². The zero-order valence-electron chi connectivity index (χ0n) is 16.8. The Morgan fingerprint density at radius 1 is 1.00 bits per heavy atom. The van der Waals surface area contributed by atoms with Crippen molar-refractivity contribution >= 4 is 29.1 Å². The van der Waals surface area contributed by atoms with E-state index in [0.29, 0.717) is 11.3 Å². The van der Waals surface area contributed by atoms with Crippen molar-refractivity contribution in [1.29, 1.82) is 0 Å².